The first-order chi connectivity index (χ1) is 17.6. The summed E-state index contributed by atoms with van der Waals surface area (Å²) in [5.74, 6) is 0.731. The number of para-hydroxylation sites is 1. The summed E-state index contributed by atoms with van der Waals surface area (Å²) in [5.41, 5.74) is 3.22. The van der Waals surface area contributed by atoms with Crippen LogP contribution in [0.2, 0.25) is 0 Å². The van der Waals surface area contributed by atoms with Gasteiger partial charge in [0.05, 0.1) is 5.75 Å². The van der Waals surface area contributed by atoms with Crippen molar-refractivity contribution in [3.05, 3.63) is 102 Å². The highest BCUT2D eigenvalue weighted by Crippen LogP contribution is 2.24. The molecular weight excluding hydrogens is 470 g/mol. The van der Waals surface area contributed by atoms with E-state index >= 15 is 0 Å². The van der Waals surface area contributed by atoms with Gasteiger partial charge in [0, 0.05) is 36.4 Å². The number of anilines is 1. The van der Waals surface area contributed by atoms with Gasteiger partial charge >= 0.3 is 0 Å². The van der Waals surface area contributed by atoms with Gasteiger partial charge in [-0.25, -0.2) is 0 Å². The molecule has 0 aliphatic carbocycles. The molecular formula is C28H29N5O2S. The van der Waals surface area contributed by atoms with Crippen LogP contribution in [-0.2, 0) is 11.2 Å². The van der Waals surface area contributed by atoms with Crippen molar-refractivity contribution in [1.29, 1.82) is 0 Å². The Bertz CT molecular complexity index is 1300. The molecule has 0 aliphatic rings. The highest BCUT2D eigenvalue weighted by Gasteiger charge is 2.17. The van der Waals surface area contributed by atoms with E-state index in [1.54, 1.807) is 29.2 Å². The van der Waals surface area contributed by atoms with Gasteiger partial charge in [-0.1, -0.05) is 66.4 Å². The van der Waals surface area contributed by atoms with Gasteiger partial charge in [-0.05, 0) is 49.7 Å². The molecule has 1 heterocycles. The molecule has 0 bridgehead atoms. The molecule has 0 saturated heterocycles. The number of amides is 2. The van der Waals surface area contributed by atoms with Gasteiger partial charge in [-0.3, -0.25) is 14.2 Å². The monoisotopic (exact) mass is 499 g/mol. The molecule has 7 nitrogen and oxygen atoms in total. The van der Waals surface area contributed by atoms with Crippen LogP contribution in [0, 0.1) is 0 Å². The zero-order chi connectivity index (χ0) is 25.3. The van der Waals surface area contributed by atoms with Crippen LogP contribution in [0.5, 0.6) is 0 Å². The minimum Gasteiger partial charge on any atom is -0.339 e. The van der Waals surface area contributed by atoms with Crippen LogP contribution in [0.1, 0.15) is 35.6 Å². The van der Waals surface area contributed by atoms with Crippen LogP contribution in [0.3, 0.4) is 0 Å². The zero-order valence-corrected chi connectivity index (χ0v) is 21.2. The molecule has 36 heavy (non-hydrogen) atoms. The molecule has 0 spiro atoms. The van der Waals surface area contributed by atoms with E-state index in [4.69, 9.17) is 0 Å². The number of nitrogens with zero attached hydrogens (tertiary/aromatic N) is 4. The van der Waals surface area contributed by atoms with Crippen LogP contribution in [0.25, 0.3) is 5.69 Å². The lowest BCUT2D eigenvalue weighted by molar-refractivity contribution is -0.113. The maximum absolute atomic E-state index is 12.8. The van der Waals surface area contributed by atoms with Crippen molar-refractivity contribution in [2.75, 3.05) is 24.2 Å². The Morgan fingerprint density at radius 1 is 0.889 bits per heavy atom. The average Bonchev–Trinajstić information content (AvgIpc) is 3.31. The van der Waals surface area contributed by atoms with E-state index in [1.807, 2.05) is 66.9 Å². The Labute approximate surface area is 215 Å². The molecule has 1 aromatic heterocycles. The minimum absolute atomic E-state index is 0.0487. The molecule has 4 rings (SSSR count). The third-order valence-electron chi connectivity index (χ3n) is 5.70. The molecule has 184 valence electrons. The summed E-state index contributed by atoms with van der Waals surface area (Å²) in [6, 6.07) is 27.1. The van der Waals surface area contributed by atoms with E-state index in [0.717, 1.165) is 17.1 Å². The largest absolute Gasteiger partial charge is 0.339 e. The average molecular weight is 500 g/mol. The fourth-order valence-electron chi connectivity index (χ4n) is 3.87. The van der Waals surface area contributed by atoms with E-state index in [9.17, 15) is 9.59 Å². The van der Waals surface area contributed by atoms with E-state index in [2.05, 4.69) is 27.6 Å². The van der Waals surface area contributed by atoms with Crippen molar-refractivity contribution < 1.29 is 9.59 Å². The van der Waals surface area contributed by atoms with Crippen LogP contribution in [0.4, 0.5) is 5.69 Å². The minimum atomic E-state index is -0.181. The first-order valence-electron chi connectivity index (χ1n) is 11.9. The number of hydrogen-bond donors (Lipinski definition) is 1. The molecule has 1 N–H and O–H groups in total. The normalized spacial score (nSPS) is 10.7. The van der Waals surface area contributed by atoms with Crippen LogP contribution < -0.4 is 5.32 Å². The maximum atomic E-state index is 12.8. The number of carbonyl (C=O) groups is 2. The van der Waals surface area contributed by atoms with E-state index in [1.165, 1.54) is 11.8 Å². The maximum Gasteiger partial charge on any atom is 0.253 e. The number of rotatable bonds is 10. The topological polar surface area (TPSA) is 80.1 Å². The van der Waals surface area contributed by atoms with E-state index in [0.29, 0.717) is 35.9 Å². The van der Waals surface area contributed by atoms with Gasteiger partial charge in [0.1, 0.15) is 5.82 Å². The molecule has 0 atom stereocenters. The third-order valence-corrected chi connectivity index (χ3v) is 6.63. The highest BCUT2D eigenvalue weighted by molar-refractivity contribution is 7.99. The number of hydrogen-bond acceptors (Lipinski definition) is 5. The second kappa shape index (κ2) is 12.2. The summed E-state index contributed by atoms with van der Waals surface area (Å²) in [6.45, 7) is 5.17. The first kappa shape index (κ1) is 25.2. The number of benzene rings is 3. The quantitative estimate of drug-likeness (QED) is 0.308. The molecule has 0 saturated carbocycles. The molecule has 2 amide bonds. The Hall–Kier alpha value is -3.91. The second-order valence-electron chi connectivity index (χ2n) is 8.13. The fraction of sp³-hybridized carbons (Fsp3) is 0.214. The van der Waals surface area contributed by atoms with Gasteiger partial charge in [0.2, 0.25) is 5.91 Å². The number of thioether (sulfide) groups is 1. The van der Waals surface area contributed by atoms with Gasteiger partial charge in [0.15, 0.2) is 5.16 Å². The van der Waals surface area contributed by atoms with Crippen LogP contribution in [-0.4, -0.2) is 50.3 Å². The smallest absolute Gasteiger partial charge is 0.253 e. The molecule has 4 aromatic rings. The van der Waals surface area contributed by atoms with Crippen molar-refractivity contribution in [2.45, 2.75) is 25.4 Å². The molecule has 0 fully saturated rings. The molecule has 0 radical (unpaired) electrons. The van der Waals surface area contributed by atoms with Crippen molar-refractivity contribution in [3.63, 3.8) is 0 Å². The van der Waals surface area contributed by atoms with Crippen molar-refractivity contribution in [2.24, 2.45) is 0 Å². The summed E-state index contributed by atoms with van der Waals surface area (Å²) < 4.78 is 1.99. The zero-order valence-electron chi connectivity index (χ0n) is 20.4. The highest BCUT2D eigenvalue weighted by atomic mass is 32.2. The standard InChI is InChI=1S/C28H29N5O2S/c1-3-32(4-2)27(35)22-14-11-15-23(19-22)29-26(34)20-36-28-31-30-25(18-21-12-7-5-8-13-21)33(28)24-16-9-6-10-17-24/h5-17,19H,3-4,18,20H2,1-2H3,(H,29,34). The van der Waals surface area contributed by atoms with Crippen molar-refractivity contribution in [1.82, 2.24) is 19.7 Å². The van der Waals surface area contributed by atoms with Gasteiger partial charge in [-0.15, -0.1) is 10.2 Å². The fourth-order valence-corrected chi connectivity index (χ4v) is 4.64. The van der Waals surface area contributed by atoms with Crippen LogP contribution in [0.15, 0.2) is 90.1 Å². The summed E-state index contributed by atoms with van der Waals surface area (Å²) in [5, 5.41) is 12.4. The Kier molecular flexibility index (Phi) is 8.52. The SMILES string of the molecule is CCN(CC)C(=O)c1cccc(NC(=O)CSc2nnc(Cc3ccccc3)n2-c2ccccc2)c1. The molecule has 8 heteroatoms. The Morgan fingerprint density at radius 3 is 2.28 bits per heavy atom. The summed E-state index contributed by atoms with van der Waals surface area (Å²) in [7, 11) is 0. The lowest BCUT2D eigenvalue weighted by Crippen LogP contribution is -2.30. The Balaban J connectivity index is 1.47. The Morgan fingerprint density at radius 2 is 1.58 bits per heavy atom. The number of nitrogens with one attached hydrogen (secondary N) is 1. The van der Waals surface area contributed by atoms with Crippen LogP contribution >= 0.6 is 11.8 Å². The predicted molar refractivity (Wildman–Crippen MR) is 144 cm³/mol. The van der Waals surface area contributed by atoms with Crippen molar-refractivity contribution in [3.8, 4) is 5.69 Å². The summed E-state index contributed by atoms with van der Waals surface area (Å²) in [6.07, 6.45) is 0.628. The summed E-state index contributed by atoms with van der Waals surface area (Å²) in [4.78, 5) is 27.2. The van der Waals surface area contributed by atoms with Gasteiger partial charge in [-0.2, -0.15) is 0 Å². The van der Waals surface area contributed by atoms with E-state index < -0.39 is 0 Å². The predicted octanol–water partition coefficient (Wildman–Crippen LogP) is 5.07. The molecule has 3 aromatic carbocycles. The van der Waals surface area contributed by atoms with Gasteiger partial charge in [0.25, 0.3) is 5.91 Å². The van der Waals surface area contributed by atoms with E-state index in [-0.39, 0.29) is 17.6 Å². The molecule has 0 unspecified atom stereocenters. The van der Waals surface area contributed by atoms with Gasteiger partial charge < -0.3 is 10.2 Å². The molecule has 0 aliphatic heterocycles. The number of aromatic nitrogens is 3. The lowest BCUT2D eigenvalue weighted by atomic mass is 10.1. The number of carbonyl (C=O) groups excluding carboxylic acids is 2. The summed E-state index contributed by atoms with van der Waals surface area (Å²) >= 11 is 1.33. The second-order valence-corrected chi connectivity index (χ2v) is 9.07. The lowest BCUT2D eigenvalue weighted by Gasteiger charge is -2.19. The third kappa shape index (κ3) is 6.20. The van der Waals surface area contributed by atoms with Crippen molar-refractivity contribution >= 4 is 29.3 Å². The first-order valence-corrected chi connectivity index (χ1v) is 12.9.